The molecule has 0 saturated carbocycles. The fraction of sp³-hybridized carbons (Fsp3) is 1.00. The molecule has 2 aliphatic rings. The van der Waals surface area contributed by atoms with Gasteiger partial charge in [0, 0.05) is 19.2 Å². The lowest BCUT2D eigenvalue weighted by atomic mass is 10.00. The van der Waals surface area contributed by atoms with Crippen LogP contribution in [0.15, 0.2) is 0 Å². The van der Waals surface area contributed by atoms with Gasteiger partial charge in [0.05, 0.1) is 6.61 Å². The molecule has 0 bridgehead atoms. The molecular weight excluding hydrogens is 200 g/mol. The number of nitrogens with one attached hydrogen (secondary N) is 1. The molecule has 0 aromatic carbocycles. The first kappa shape index (κ1) is 12.3. The van der Waals surface area contributed by atoms with Crippen molar-refractivity contribution < 1.29 is 4.74 Å². The number of hydrogen-bond acceptors (Lipinski definition) is 3. The number of rotatable bonds is 3. The van der Waals surface area contributed by atoms with Crippen LogP contribution >= 0.6 is 0 Å². The Morgan fingerprint density at radius 3 is 2.94 bits per heavy atom. The molecular formula is C13H26N2O. The summed E-state index contributed by atoms with van der Waals surface area (Å²) in [6.45, 7) is 5.58. The van der Waals surface area contributed by atoms with E-state index in [2.05, 4.69) is 17.3 Å². The van der Waals surface area contributed by atoms with Crippen LogP contribution in [0.25, 0.3) is 0 Å². The first-order valence-electron chi connectivity index (χ1n) is 6.85. The summed E-state index contributed by atoms with van der Waals surface area (Å²) in [6, 6.07) is 0.789. The van der Waals surface area contributed by atoms with Crippen molar-refractivity contribution in [2.24, 2.45) is 5.92 Å². The van der Waals surface area contributed by atoms with Crippen molar-refractivity contribution in [3.63, 3.8) is 0 Å². The van der Waals surface area contributed by atoms with E-state index in [0.717, 1.165) is 25.2 Å². The Balaban J connectivity index is 1.74. The van der Waals surface area contributed by atoms with Gasteiger partial charge in [0.15, 0.2) is 0 Å². The van der Waals surface area contributed by atoms with Gasteiger partial charge in [-0.15, -0.1) is 0 Å². The summed E-state index contributed by atoms with van der Waals surface area (Å²) in [7, 11) is 2.30. The van der Waals surface area contributed by atoms with Gasteiger partial charge in [0.1, 0.15) is 0 Å². The minimum atomic E-state index is 0.773. The fourth-order valence-corrected chi connectivity index (χ4v) is 2.95. The smallest absolute Gasteiger partial charge is 0.0506 e. The molecule has 0 spiro atoms. The van der Waals surface area contributed by atoms with Crippen molar-refractivity contribution >= 4 is 0 Å². The van der Waals surface area contributed by atoms with Crippen molar-refractivity contribution in [3.05, 3.63) is 0 Å². The summed E-state index contributed by atoms with van der Waals surface area (Å²) < 4.78 is 5.56. The van der Waals surface area contributed by atoms with E-state index in [4.69, 9.17) is 4.74 Å². The first-order valence-corrected chi connectivity index (χ1v) is 6.85. The van der Waals surface area contributed by atoms with Gasteiger partial charge in [-0.3, -0.25) is 0 Å². The summed E-state index contributed by atoms with van der Waals surface area (Å²) in [5, 5.41) is 3.48. The van der Waals surface area contributed by atoms with Crippen LogP contribution in [-0.4, -0.2) is 50.8 Å². The first-order chi connectivity index (χ1) is 7.86. The summed E-state index contributed by atoms with van der Waals surface area (Å²) >= 11 is 0. The zero-order valence-corrected chi connectivity index (χ0v) is 10.6. The summed E-state index contributed by atoms with van der Waals surface area (Å²) in [4.78, 5) is 2.58. The normalized spacial score (nSPS) is 32.6. The number of ether oxygens (including phenoxy) is 1. The van der Waals surface area contributed by atoms with Crippen molar-refractivity contribution in [2.45, 2.75) is 38.1 Å². The van der Waals surface area contributed by atoms with E-state index in [-0.39, 0.29) is 0 Å². The number of nitrogens with zero attached hydrogens (tertiary/aromatic N) is 1. The molecule has 94 valence electrons. The van der Waals surface area contributed by atoms with E-state index in [0.29, 0.717) is 0 Å². The lowest BCUT2D eigenvalue weighted by molar-refractivity contribution is 0.0352. The van der Waals surface area contributed by atoms with Gasteiger partial charge in [-0.05, 0) is 58.2 Å². The van der Waals surface area contributed by atoms with Crippen molar-refractivity contribution in [1.82, 2.24) is 10.2 Å². The van der Waals surface area contributed by atoms with Gasteiger partial charge in [-0.25, -0.2) is 0 Å². The van der Waals surface area contributed by atoms with E-state index in [1.165, 1.54) is 51.7 Å². The van der Waals surface area contributed by atoms with Crippen LogP contribution in [0.1, 0.15) is 32.1 Å². The molecule has 2 heterocycles. The van der Waals surface area contributed by atoms with Crippen molar-refractivity contribution in [1.29, 1.82) is 0 Å². The second kappa shape index (κ2) is 6.58. The SMILES string of the molecule is CN(CC1CCCOC1)C1CCCNCC1. The van der Waals surface area contributed by atoms with E-state index in [9.17, 15) is 0 Å². The monoisotopic (exact) mass is 226 g/mol. The Morgan fingerprint density at radius 1 is 1.19 bits per heavy atom. The summed E-state index contributed by atoms with van der Waals surface area (Å²) in [6.07, 6.45) is 6.61. The average Bonchev–Trinajstić information content (AvgIpc) is 2.59. The molecule has 2 rings (SSSR count). The lowest BCUT2D eigenvalue weighted by Gasteiger charge is -2.32. The third kappa shape index (κ3) is 3.72. The van der Waals surface area contributed by atoms with Crippen molar-refractivity contribution in [2.75, 3.05) is 39.9 Å². The lowest BCUT2D eigenvalue weighted by Crippen LogP contribution is -2.38. The topological polar surface area (TPSA) is 24.5 Å². The van der Waals surface area contributed by atoms with E-state index in [1.807, 2.05) is 0 Å². The molecule has 2 fully saturated rings. The third-order valence-electron chi connectivity index (χ3n) is 3.97. The van der Waals surface area contributed by atoms with E-state index in [1.54, 1.807) is 0 Å². The summed E-state index contributed by atoms with van der Waals surface area (Å²) in [5.41, 5.74) is 0. The molecule has 2 saturated heterocycles. The Labute approximate surface area is 99.5 Å². The van der Waals surface area contributed by atoms with Crippen LogP contribution in [0.3, 0.4) is 0 Å². The molecule has 16 heavy (non-hydrogen) atoms. The van der Waals surface area contributed by atoms with Crippen LogP contribution < -0.4 is 5.32 Å². The van der Waals surface area contributed by atoms with Crippen LogP contribution in [0.2, 0.25) is 0 Å². The molecule has 0 aliphatic carbocycles. The van der Waals surface area contributed by atoms with Crippen LogP contribution in [0, 0.1) is 5.92 Å². The van der Waals surface area contributed by atoms with Crippen LogP contribution in [-0.2, 0) is 4.74 Å². The maximum atomic E-state index is 5.56. The van der Waals surface area contributed by atoms with Crippen molar-refractivity contribution in [3.8, 4) is 0 Å². The zero-order valence-electron chi connectivity index (χ0n) is 10.6. The minimum absolute atomic E-state index is 0.773. The highest BCUT2D eigenvalue weighted by atomic mass is 16.5. The molecule has 0 radical (unpaired) electrons. The Hall–Kier alpha value is -0.120. The quantitative estimate of drug-likeness (QED) is 0.789. The molecule has 2 atom stereocenters. The van der Waals surface area contributed by atoms with Gasteiger partial charge in [0.25, 0.3) is 0 Å². The Morgan fingerprint density at radius 2 is 2.12 bits per heavy atom. The second-order valence-electron chi connectivity index (χ2n) is 5.36. The predicted molar refractivity (Wildman–Crippen MR) is 66.7 cm³/mol. The molecule has 3 heteroatoms. The molecule has 0 amide bonds. The molecule has 0 aromatic rings. The second-order valence-corrected chi connectivity index (χ2v) is 5.36. The van der Waals surface area contributed by atoms with Gasteiger partial charge in [-0.2, -0.15) is 0 Å². The highest BCUT2D eigenvalue weighted by molar-refractivity contribution is 4.76. The third-order valence-corrected chi connectivity index (χ3v) is 3.97. The molecule has 2 unspecified atom stereocenters. The van der Waals surface area contributed by atoms with Gasteiger partial charge >= 0.3 is 0 Å². The highest BCUT2D eigenvalue weighted by Crippen LogP contribution is 2.18. The number of hydrogen-bond donors (Lipinski definition) is 1. The maximum Gasteiger partial charge on any atom is 0.0506 e. The van der Waals surface area contributed by atoms with Gasteiger partial charge in [-0.1, -0.05) is 0 Å². The zero-order chi connectivity index (χ0) is 11.2. The molecule has 0 aromatic heterocycles. The van der Waals surface area contributed by atoms with Gasteiger partial charge < -0.3 is 15.0 Å². The summed E-state index contributed by atoms with van der Waals surface area (Å²) in [5.74, 6) is 0.773. The Bertz CT molecular complexity index is 184. The largest absolute Gasteiger partial charge is 0.381 e. The van der Waals surface area contributed by atoms with Gasteiger partial charge in [0.2, 0.25) is 0 Å². The highest BCUT2D eigenvalue weighted by Gasteiger charge is 2.21. The minimum Gasteiger partial charge on any atom is -0.381 e. The average molecular weight is 226 g/mol. The van der Waals surface area contributed by atoms with E-state index < -0.39 is 0 Å². The van der Waals surface area contributed by atoms with E-state index >= 15 is 0 Å². The fourth-order valence-electron chi connectivity index (χ4n) is 2.95. The molecule has 2 aliphatic heterocycles. The standard InChI is InChI=1S/C13H26N2O/c1-15(10-12-4-3-9-16-11-12)13-5-2-7-14-8-6-13/h12-14H,2-11H2,1H3. The predicted octanol–water partition coefficient (Wildman–Crippen LogP) is 1.49. The Kier molecular flexibility index (Phi) is 5.07. The molecule has 3 nitrogen and oxygen atoms in total. The van der Waals surface area contributed by atoms with Crippen LogP contribution in [0.5, 0.6) is 0 Å². The maximum absolute atomic E-state index is 5.56. The molecule has 1 N–H and O–H groups in total. The van der Waals surface area contributed by atoms with Crippen LogP contribution in [0.4, 0.5) is 0 Å².